The molecule has 0 saturated carbocycles. The van der Waals surface area contributed by atoms with Crippen molar-refractivity contribution in [2.45, 2.75) is 27.7 Å². The quantitative estimate of drug-likeness (QED) is 0.775. The molecule has 0 bridgehead atoms. The van der Waals surface area contributed by atoms with Crippen LogP contribution in [0.15, 0.2) is 24.5 Å². The van der Waals surface area contributed by atoms with Crippen molar-refractivity contribution in [2.75, 3.05) is 5.32 Å². The van der Waals surface area contributed by atoms with Crippen LogP contribution < -0.4 is 5.32 Å². The van der Waals surface area contributed by atoms with Crippen molar-refractivity contribution in [3.63, 3.8) is 0 Å². The van der Waals surface area contributed by atoms with Crippen LogP contribution >= 0.6 is 0 Å². The summed E-state index contributed by atoms with van der Waals surface area (Å²) in [6, 6.07) is 6.31. The van der Waals surface area contributed by atoms with Crippen LogP contribution in [0, 0.1) is 27.7 Å². The third-order valence-corrected chi connectivity index (χ3v) is 3.68. The molecule has 0 saturated heterocycles. The highest BCUT2D eigenvalue weighted by Crippen LogP contribution is 2.23. The highest BCUT2D eigenvalue weighted by atomic mass is 15.4. The topological polar surface area (TPSA) is 55.1 Å². The molecule has 0 aliphatic rings. The van der Waals surface area contributed by atoms with E-state index in [1.54, 1.807) is 4.52 Å². The van der Waals surface area contributed by atoms with Crippen molar-refractivity contribution in [3.8, 4) is 0 Å². The average molecular weight is 267 g/mol. The third kappa shape index (κ3) is 2.01. The van der Waals surface area contributed by atoms with Crippen LogP contribution in [-0.2, 0) is 0 Å². The molecule has 0 radical (unpaired) electrons. The van der Waals surface area contributed by atoms with E-state index in [0.29, 0.717) is 5.78 Å². The smallest absolute Gasteiger partial charge is 0.254 e. The zero-order chi connectivity index (χ0) is 14.3. The minimum atomic E-state index is 0.611. The van der Waals surface area contributed by atoms with E-state index in [4.69, 9.17) is 0 Å². The molecule has 5 nitrogen and oxygen atoms in total. The molecule has 0 amide bonds. The molecular formula is C15H17N5. The maximum atomic E-state index is 4.42. The van der Waals surface area contributed by atoms with Crippen molar-refractivity contribution in [1.82, 2.24) is 19.6 Å². The average Bonchev–Trinajstić information content (AvgIpc) is 2.87. The van der Waals surface area contributed by atoms with Crippen LogP contribution in [0.25, 0.3) is 5.78 Å². The Bertz CT molecular complexity index is 788. The van der Waals surface area contributed by atoms with Crippen LogP contribution in [0.3, 0.4) is 0 Å². The number of nitrogens with one attached hydrogen (secondary N) is 1. The predicted octanol–water partition coefficient (Wildman–Crippen LogP) is 3.10. The molecule has 5 heteroatoms. The highest BCUT2D eigenvalue weighted by Gasteiger charge is 2.11. The van der Waals surface area contributed by atoms with Gasteiger partial charge in [0.2, 0.25) is 0 Å². The first-order valence-electron chi connectivity index (χ1n) is 6.57. The van der Waals surface area contributed by atoms with E-state index in [2.05, 4.69) is 52.4 Å². The van der Waals surface area contributed by atoms with Gasteiger partial charge in [-0.3, -0.25) is 0 Å². The summed E-state index contributed by atoms with van der Waals surface area (Å²) in [4.78, 5) is 8.57. The van der Waals surface area contributed by atoms with E-state index in [0.717, 1.165) is 22.8 Å². The van der Waals surface area contributed by atoms with E-state index in [-0.39, 0.29) is 0 Å². The Balaban J connectivity index is 2.11. The second kappa shape index (κ2) is 4.59. The number of nitrogens with zero attached hydrogens (tertiary/aromatic N) is 4. The maximum Gasteiger partial charge on any atom is 0.254 e. The van der Waals surface area contributed by atoms with Crippen molar-refractivity contribution >= 4 is 17.3 Å². The Morgan fingerprint density at radius 2 is 1.85 bits per heavy atom. The number of benzene rings is 1. The standard InChI is InChI=1S/C15H17N5/c1-9-5-6-13(7-10(9)2)19-14-11(3)12(4)18-15-16-8-17-20(14)15/h5-8,19H,1-4H3. The molecule has 0 atom stereocenters. The van der Waals surface area contributed by atoms with Crippen LogP contribution in [0.1, 0.15) is 22.4 Å². The summed E-state index contributed by atoms with van der Waals surface area (Å²) in [5.74, 6) is 1.52. The first-order chi connectivity index (χ1) is 9.56. The van der Waals surface area contributed by atoms with E-state index in [9.17, 15) is 0 Å². The summed E-state index contributed by atoms with van der Waals surface area (Å²) in [6.45, 7) is 8.23. The Kier molecular flexibility index (Phi) is 2.89. The molecule has 0 aliphatic heterocycles. The fourth-order valence-corrected chi connectivity index (χ4v) is 2.14. The van der Waals surface area contributed by atoms with Crippen molar-refractivity contribution in [3.05, 3.63) is 46.9 Å². The Hall–Kier alpha value is -2.43. The van der Waals surface area contributed by atoms with Gasteiger partial charge in [0.15, 0.2) is 0 Å². The third-order valence-electron chi connectivity index (χ3n) is 3.68. The van der Waals surface area contributed by atoms with Crippen LogP contribution in [-0.4, -0.2) is 19.6 Å². The number of rotatable bonds is 2. The maximum absolute atomic E-state index is 4.42. The number of fused-ring (bicyclic) bond motifs is 1. The molecule has 0 spiro atoms. The van der Waals surface area contributed by atoms with Crippen LogP contribution in [0.2, 0.25) is 0 Å². The summed E-state index contributed by atoms with van der Waals surface area (Å²) in [7, 11) is 0. The fourth-order valence-electron chi connectivity index (χ4n) is 2.14. The van der Waals surface area contributed by atoms with Gasteiger partial charge in [-0.1, -0.05) is 6.07 Å². The van der Waals surface area contributed by atoms with E-state index in [1.165, 1.54) is 17.5 Å². The molecule has 2 heterocycles. The molecule has 0 unspecified atom stereocenters. The Labute approximate surface area is 117 Å². The lowest BCUT2D eigenvalue weighted by atomic mass is 10.1. The fraction of sp³-hybridized carbons (Fsp3) is 0.267. The van der Waals surface area contributed by atoms with E-state index < -0.39 is 0 Å². The second-order valence-electron chi connectivity index (χ2n) is 5.07. The Morgan fingerprint density at radius 3 is 2.60 bits per heavy atom. The lowest BCUT2D eigenvalue weighted by Crippen LogP contribution is -2.06. The molecule has 0 fully saturated rings. The zero-order valence-corrected chi connectivity index (χ0v) is 12.1. The minimum Gasteiger partial charge on any atom is -0.340 e. The summed E-state index contributed by atoms with van der Waals surface area (Å²) in [5, 5.41) is 7.67. The van der Waals surface area contributed by atoms with Gasteiger partial charge in [-0.05, 0) is 51.0 Å². The normalized spacial score (nSPS) is 11.0. The molecule has 0 aliphatic carbocycles. The SMILES string of the molecule is Cc1ccc(Nc2c(C)c(C)nc3ncnn23)cc1C. The second-order valence-corrected chi connectivity index (χ2v) is 5.07. The monoisotopic (exact) mass is 267 g/mol. The first kappa shape index (κ1) is 12.6. The lowest BCUT2D eigenvalue weighted by Gasteiger charge is -2.13. The Morgan fingerprint density at radius 1 is 1.05 bits per heavy atom. The highest BCUT2D eigenvalue weighted by molar-refractivity contribution is 5.63. The summed E-state index contributed by atoms with van der Waals surface area (Å²) >= 11 is 0. The molecular weight excluding hydrogens is 250 g/mol. The van der Waals surface area contributed by atoms with Crippen LogP contribution in [0.4, 0.5) is 11.5 Å². The predicted molar refractivity (Wildman–Crippen MR) is 79.5 cm³/mol. The van der Waals surface area contributed by atoms with Gasteiger partial charge < -0.3 is 5.32 Å². The zero-order valence-electron chi connectivity index (χ0n) is 12.1. The molecule has 2 aromatic heterocycles. The van der Waals surface area contributed by atoms with Gasteiger partial charge in [0.05, 0.1) is 0 Å². The van der Waals surface area contributed by atoms with Crippen molar-refractivity contribution in [1.29, 1.82) is 0 Å². The number of hydrogen-bond acceptors (Lipinski definition) is 4. The minimum absolute atomic E-state index is 0.611. The summed E-state index contributed by atoms with van der Waals surface area (Å²) in [6.07, 6.45) is 1.52. The van der Waals surface area contributed by atoms with Gasteiger partial charge in [0.25, 0.3) is 5.78 Å². The number of aryl methyl sites for hydroxylation is 3. The van der Waals surface area contributed by atoms with E-state index >= 15 is 0 Å². The van der Waals surface area contributed by atoms with Gasteiger partial charge in [-0.15, -0.1) is 0 Å². The van der Waals surface area contributed by atoms with Crippen molar-refractivity contribution in [2.24, 2.45) is 0 Å². The van der Waals surface area contributed by atoms with Gasteiger partial charge in [0, 0.05) is 16.9 Å². The van der Waals surface area contributed by atoms with Crippen LogP contribution in [0.5, 0.6) is 0 Å². The molecule has 1 N–H and O–H groups in total. The number of hydrogen-bond donors (Lipinski definition) is 1. The largest absolute Gasteiger partial charge is 0.340 e. The molecule has 20 heavy (non-hydrogen) atoms. The summed E-state index contributed by atoms with van der Waals surface area (Å²) < 4.78 is 1.73. The molecule has 3 rings (SSSR count). The summed E-state index contributed by atoms with van der Waals surface area (Å²) in [5.41, 5.74) is 5.61. The van der Waals surface area contributed by atoms with E-state index in [1.807, 2.05) is 13.8 Å². The van der Waals surface area contributed by atoms with Gasteiger partial charge >= 0.3 is 0 Å². The lowest BCUT2D eigenvalue weighted by molar-refractivity contribution is 0.923. The molecule has 1 aromatic carbocycles. The molecule has 3 aromatic rings. The van der Waals surface area contributed by atoms with Gasteiger partial charge in [-0.2, -0.15) is 14.6 Å². The first-order valence-corrected chi connectivity index (χ1v) is 6.57. The molecule has 102 valence electrons. The van der Waals surface area contributed by atoms with Crippen molar-refractivity contribution < 1.29 is 0 Å². The van der Waals surface area contributed by atoms with Gasteiger partial charge in [0.1, 0.15) is 12.1 Å². The number of anilines is 2. The number of aromatic nitrogens is 4. The van der Waals surface area contributed by atoms with Gasteiger partial charge in [-0.25, -0.2) is 4.98 Å².